The molecule has 2 aromatic rings. The molecule has 0 aromatic carbocycles. The molecule has 9 heteroatoms. The number of rotatable bonds is 4. The molecule has 24 heavy (non-hydrogen) atoms. The molecule has 0 radical (unpaired) electrons. The zero-order chi connectivity index (χ0) is 16.5. The summed E-state index contributed by atoms with van der Waals surface area (Å²) >= 11 is 2.86. The third-order valence-corrected chi connectivity index (χ3v) is 5.34. The average Bonchev–Trinajstić information content (AvgIpc) is 3.33. The standard InChI is InChI=1S/C15H15N5O2S2/c1-23-15-18-14(19-20-15)17-12(21)10-7-24-13(16-10)9-2-3-11-8(6-9)4-5-22-11/h2-3,6-8,11H,4-5H2,1H3,(H2,17,18,19,20,21). The quantitative estimate of drug-likeness (QED) is 0.813. The van der Waals surface area contributed by atoms with Gasteiger partial charge in [0.25, 0.3) is 5.91 Å². The van der Waals surface area contributed by atoms with Gasteiger partial charge in [0, 0.05) is 23.5 Å². The number of hydrogen-bond donors (Lipinski definition) is 2. The van der Waals surface area contributed by atoms with Crippen LogP contribution in [-0.2, 0) is 4.74 Å². The van der Waals surface area contributed by atoms with Crippen LogP contribution in [0.3, 0.4) is 0 Å². The van der Waals surface area contributed by atoms with E-state index in [4.69, 9.17) is 4.74 Å². The van der Waals surface area contributed by atoms with Gasteiger partial charge in [-0.2, -0.15) is 4.98 Å². The van der Waals surface area contributed by atoms with E-state index >= 15 is 0 Å². The van der Waals surface area contributed by atoms with Gasteiger partial charge in [0.2, 0.25) is 11.1 Å². The number of allylic oxidation sites excluding steroid dienone is 2. The Hall–Kier alpha value is -1.97. The maximum Gasteiger partial charge on any atom is 0.277 e. The van der Waals surface area contributed by atoms with Gasteiger partial charge >= 0.3 is 0 Å². The van der Waals surface area contributed by atoms with Crippen LogP contribution >= 0.6 is 23.1 Å². The topological polar surface area (TPSA) is 92.8 Å². The molecule has 2 aromatic heterocycles. The number of hydrogen-bond acceptors (Lipinski definition) is 7. The summed E-state index contributed by atoms with van der Waals surface area (Å²) in [4.78, 5) is 20.9. The first-order valence-corrected chi connectivity index (χ1v) is 9.58. The van der Waals surface area contributed by atoms with Crippen molar-refractivity contribution in [2.75, 3.05) is 18.2 Å². The number of nitrogens with one attached hydrogen (secondary N) is 2. The zero-order valence-corrected chi connectivity index (χ0v) is 14.5. The van der Waals surface area contributed by atoms with Crippen molar-refractivity contribution in [3.8, 4) is 0 Å². The smallest absolute Gasteiger partial charge is 0.277 e. The largest absolute Gasteiger partial charge is 0.374 e. The highest BCUT2D eigenvalue weighted by atomic mass is 32.2. The van der Waals surface area contributed by atoms with Gasteiger partial charge in [0.15, 0.2) is 0 Å². The van der Waals surface area contributed by atoms with E-state index in [9.17, 15) is 4.79 Å². The highest BCUT2D eigenvalue weighted by Crippen LogP contribution is 2.33. The summed E-state index contributed by atoms with van der Waals surface area (Å²) in [5, 5.41) is 12.5. The maximum atomic E-state index is 12.3. The summed E-state index contributed by atoms with van der Waals surface area (Å²) in [5.74, 6) is 0.427. The minimum absolute atomic E-state index is 0.188. The lowest BCUT2D eigenvalue weighted by atomic mass is 9.93. The van der Waals surface area contributed by atoms with E-state index in [1.807, 2.05) is 12.3 Å². The lowest BCUT2D eigenvalue weighted by Crippen LogP contribution is -2.14. The summed E-state index contributed by atoms with van der Waals surface area (Å²) in [7, 11) is 0. The average molecular weight is 361 g/mol. The second kappa shape index (κ2) is 6.50. The highest BCUT2D eigenvalue weighted by molar-refractivity contribution is 7.98. The van der Waals surface area contributed by atoms with E-state index in [1.54, 1.807) is 5.38 Å². The molecular weight excluding hydrogens is 346 g/mol. The van der Waals surface area contributed by atoms with Gasteiger partial charge in [-0.3, -0.25) is 10.1 Å². The summed E-state index contributed by atoms with van der Waals surface area (Å²) in [6.45, 7) is 0.796. The Morgan fingerprint density at radius 1 is 1.50 bits per heavy atom. The Labute approximate surface area is 146 Å². The fourth-order valence-corrected chi connectivity index (χ4v) is 3.83. The number of thiazole rings is 1. The number of ether oxygens (including phenoxy) is 1. The van der Waals surface area contributed by atoms with E-state index in [2.05, 4.69) is 37.6 Å². The molecule has 1 amide bonds. The molecule has 2 aliphatic rings. The first-order valence-electron chi connectivity index (χ1n) is 7.48. The van der Waals surface area contributed by atoms with Crippen molar-refractivity contribution in [2.24, 2.45) is 5.92 Å². The summed E-state index contributed by atoms with van der Waals surface area (Å²) in [5.41, 5.74) is 1.42. The predicted octanol–water partition coefficient (Wildman–Crippen LogP) is 2.59. The molecule has 1 aliphatic heterocycles. The predicted molar refractivity (Wildman–Crippen MR) is 93.2 cm³/mol. The molecule has 2 atom stereocenters. The van der Waals surface area contributed by atoms with E-state index in [1.165, 1.54) is 23.1 Å². The SMILES string of the molecule is CSc1n[nH]c(NC(=O)c2csc(C3=CC4CCOC4C=C3)n2)n1. The molecule has 3 heterocycles. The van der Waals surface area contributed by atoms with Gasteiger partial charge in [0.05, 0.1) is 6.10 Å². The number of amides is 1. The fourth-order valence-electron chi connectivity index (χ4n) is 2.71. The third-order valence-electron chi connectivity index (χ3n) is 3.91. The van der Waals surface area contributed by atoms with Crippen LogP contribution in [0.2, 0.25) is 0 Å². The second-order valence-electron chi connectivity index (χ2n) is 5.43. The number of thioether (sulfide) groups is 1. The summed E-state index contributed by atoms with van der Waals surface area (Å²) in [6, 6.07) is 0. The Kier molecular flexibility index (Phi) is 4.21. The molecule has 1 fully saturated rings. The van der Waals surface area contributed by atoms with Crippen LogP contribution in [0.15, 0.2) is 28.8 Å². The summed E-state index contributed by atoms with van der Waals surface area (Å²) < 4.78 is 5.63. The number of carbonyl (C=O) groups excluding carboxylic acids is 1. The van der Waals surface area contributed by atoms with Crippen molar-refractivity contribution in [3.05, 3.63) is 34.3 Å². The number of nitrogens with zero attached hydrogens (tertiary/aromatic N) is 3. The number of H-pyrrole nitrogens is 1. The first kappa shape index (κ1) is 15.6. The van der Waals surface area contributed by atoms with Crippen molar-refractivity contribution in [2.45, 2.75) is 17.7 Å². The van der Waals surface area contributed by atoms with E-state index in [0.29, 0.717) is 22.7 Å². The fraction of sp³-hybridized carbons (Fsp3) is 0.333. The molecule has 1 aliphatic carbocycles. The summed E-state index contributed by atoms with van der Waals surface area (Å²) in [6.07, 6.45) is 9.38. The van der Waals surface area contributed by atoms with Crippen LogP contribution in [0.1, 0.15) is 21.9 Å². The number of fused-ring (bicyclic) bond motifs is 1. The van der Waals surface area contributed by atoms with E-state index in [-0.39, 0.29) is 12.0 Å². The molecule has 0 saturated carbocycles. The minimum Gasteiger partial charge on any atom is -0.374 e. The molecule has 1 saturated heterocycles. The molecule has 0 spiro atoms. The van der Waals surface area contributed by atoms with Crippen LogP contribution in [0.4, 0.5) is 5.95 Å². The van der Waals surface area contributed by atoms with Crippen LogP contribution in [0, 0.1) is 5.92 Å². The van der Waals surface area contributed by atoms with Gasteiger partial charge in [0.1, 0.15) is 10.7 Å². The second-order valence-corrected chi connectivity index (χ2v) is 7.06. The monoisotopic (exact) mass is 361 g/mol. The zero-order valence-electron chi connectivity index (χ0n) is 12.9. The molecule has 7 nitrogen and oxygen atoms in total. The van der Waals surface area contributed by atoms with Gasteiger partial charge in [-0.05, 0) is 12.7 Å². The van der Waals surface area contributed by atoms with Crippen LogP contribution in [-0.4, -0.2) is 45.0 Å². The maximum absolute atomic E-state index is 12.3. The Morgan fingerprint density at radius 3 is 3.25 bits per heavy atom. The molecule has 0 bridgehead atoms. The number of aromatic nitrogens is 4. The normalized spacial score (nSPS) is 22.3. The molecule has 2 unspecified atom stereocenters. The highest BCUT2D eigenvalue weighted by Gasteiger charge is 2.28. The lowest BCUT2D eigenvalue weighted by Gasteiger charge is -2.16. The molecule has 2 N–H and O–H groups in total. The van der Waals surface area contributed by atoms with Gasteiger partial charge in [-0.1, -0.05) is 30.0 Å². The van der Waals surface area contributed by atoms with Gasteiger partial charge < -0.3 is 4.74 Å². The van der Waals surface area contributed by atoms with Crippen molar-refractivity contribution >= 4 is 40.5 Å². The number of carbonyl (C=O) groups is 1. The van der Waals surface area contributed by atoms with Crippen molar-refractivity contribution < 1.29 is 9.53 Å². The Bertz CT molecular complexity index is 825. The lowest BCUT2D eigenvalue weighted by molar-refractivity contribution is 0.102. The van der Waals surface area contributed by atoms with Crippen molar-refractivity contribution in [1.82, 2.24) is 20.2 Å². The Balaban J connectivity index is 1.48. The minimum atomic E-state index is -0.302. The van der Waals surface area contributed by atoms with Crippen LogP contribution in [0.25, 0.3) is 5.57 Å². The van der Waals surface area contributed by atoms with Gasteiger partial charge in [-0.25, -0.2) is 10.1 Å². The molecular formula is C15H15N5O2S2. The molecule has 124 valence electrons. The van der Waals surface area contributed by atoms with Gasteiger partial charge in [-0.15, -0.1) is 16.4 Å². The Morgan fingerprint density at radius 2 is 2.42 bits per heavy atom. The van der Waals surface area contributed by atoms with Crippen molar-refractivity contribution in [1.29, 1.82) is 0 Å². The number of aromatic amines is 1. The van der Waals surface area contributed by atoms with Crippen LogP contribution < -0.4 is 5.32 Å². The third kappa shape index (κ3) is 3.02. The molecule has 4 rings (SSSR count). The van der Waals surface area contributed by atoms with Crippen molar-refractivity contribution in [3.63, 3.8) is 0 Å². The van der Waals surface area contributed by atoms with E-state index in [0.717, 1.165) is 23.6 Å². The van der Waals surface area contributed by atoms with Crippen LogP contribution in [0.5, 0.6) is 0 Å². The van der Waals surface area contributed by atoms with E-state index < -0.39 is 0 Å². The number of anilines is 1. The first-order chi connectivity index (χ1) is 11.7.